The predicted molar refractivity (Wildman–Crippen MR) is 97.8 cm³/mol. The monoisotopic (exact) mass is 347 g/mol. The van der Waals surface area contributed by atoms with Crippen LogP contribution in [-0.4, -0.2) is 29.1 Å². The Hall–Kier alpha value is -3.29. The summed E-state index contributed by atoms with van der Waals surface area (Å²) in [5, 5.41) is 0.699. The number of benzene rings is 1. The highest BCUT2D eigenvalue weighted by atomic mass is 16.1. The summed E-state index contributed by atoms with van der Waals surface area (Å²) in [5.74, 6) is 1.06. The quantitative estimate of drug-likeness (QED) is 0.606. The van der Waals surface area contributed by atoms with E-state index in [0.717, 1.165) is 23.9 Å². The Morgan fingerprint density at radius 2 is 2.08 bits per heavy atom. The average molecular weight is 347 g/mol. The van der Waals surface area contributed by atoms with Crippen molar-refractivity contribution in [2.45, 2.75) is 32.4 Å². The Kier molecular flexibility index (Phi) is 3.09. The van der Waals surface area contributed by atoms with E-state index in [0.29, 0.717) is 34.7 Å². The summed E-state index contributed by atoms with van der Waals surface area (Å²) >= 11 is 0. The molecular formula is C18H17N7O. The van der Waals surface area contributed by atoms with Gasteiger partial charge in [0.1, 0.15) is 17.7 Å². The molecule has 0 saturated heterocycles. The topological polar surface area (TPSA) is 105 Å². The SMILES string of the molecule is Cc1cccc2nc(Cn3cnc4c(N)ncnc43)n(C3CC3)c(=O)c12. The Balaban J connectivity index is 1.72. The fourth-order valence-electron chi connectivity index (χ4n) is 3.44. The smallest absolute Gasteiger partial charge is 0.261 e. The highest BCUT2D eigenvalue weighted by Crippen LogP contribution is 2.35. The van der Waals surface area contributed by atoms with E-state index in [1.54, 1.807) is 6.33 Å². The second-order valence-electron chi connectivity index (χ2n) is 6.71. The molecule has 4 aromatic rings. The van der Waals surface area contributed by atoms with Gasteiger partial charge in [-0.15, -0.1) is 0 Å². The fourth-order valence-corrected chi connectivity index (χ4v) is 3.44. The second-order valence-corrected chi connectivity index (χ2v) is 6.71. The molecule has 1 aliphatic rings. The van der Waals surface area contributed by atoms with Crippen LogP contribution in [-0.2, 0) is 6.54 Å². The zero-order chi connectivity index (χ0) is 17.8. The van der Waals surface area contributed by atoms with Gasteiger partial charge in [0.15, 0.2) is 11.5 Å². The van der Waals surface area contributed by atoms with E-state index < -0.39 is 0 Å². The third-order valence-corrected chi connectivity index (χ3v) is 4.86. The number of hydrogen-bond acceptors (Lipinski definition) is 6. The lowest BCUT2D eigenvalue weighted by Crippen LogP contribution is -2.26. The number of imidazole rings is 1. The molecular weight excluding hydrogens is 330 g/mol. The second kappa shape index (κ2) is 5.35. The summed E-state index contributed by atoms with van der Waals surface area (Å²) in [6, 6.07) is 5.99. The van der Waals surface area contributed by atoms with Crippen LogP contribution in [0.1, 0.15) is 30.3 Å². The zero-order valence-corrected chi connectivity index (χ0v) is 14.3. The first-order chi connectivity index (χ1) is 12.6. The first kappa shape index (κ1) is 15.0. The maximum atomic E-state index is 13.2. The van der Waals surface area contributed by atoms with Gasteiger partial charge < -0.3 is 10.3 Å². The molecule has 5 rings (SSSR count). The molecule has 8 nitrogen and oxygen atoms in total. The third-order valence-electron chi connectivity index (χ3n) is 4.86. The van der Waals surface area contributed by atoms with E-state index in [9.17, 15) is 4.79 Å². The van der Waals surface area contributed by atoms with Crippen molar-refractivity contribution in [3.8, 4) is 0 Å². The van der Waals surface area contributed by atoms with Gasteiger partial charge in [-0.3, -0.25) is 9.36 Å². The minimum absolute atomic E-state index is 0.0316. The van der Waals surface area contributed by atoms with Crippen LogP contribution in [0.15, 0.2) is 35.6 Å². The van der Waals surface area contributed by atoms with Gasteiger partial charge in [0, 0.05) is 6.04 Å². The van der Waals surface area contributed by atoms with Crippen molar-refractivity contribution >= 4 is 27.9 Å². The number of nitrogen functional groups attached to an aromatic ring is 1. The van der Waals surface area contributed by atoms with E-state index >= 15 is 0 Å². The molecule has 0 aliphatic heterocycles. The molecule has 1 aromatic carbocycles. The van der Waals surface area contributed by atoms with Crippen molar-refractivity contribution in [3.63, 3.8) is 0 Å². The highest BCUT2D eigenvalue weighted by Gasteiger charge is 2.29. The number of anilines is 1. The molecule has 1 fully saturated rings. The van der Waals surface area contributed by atoms with Crippen molar-refractivity contribution in [2.24, 2.45) is 0 Å². The van der Waals surface area contributed by atoms with Crippen LogP contribution < -0.4 is 11.3 Å². The molecule has 26 heavy (non-hydrogen) atoms. The van der Waals surface area contributed by atoms with Crippen molar-refractivity contribution < 1.29 is 0 Å². The van der Waals surface area contributed by atoms with Gasteiger partial charge in [-0.1, -0.05) is 12.1 Å². The van der Waals surface area contributed by atoms with Crippen molar-refractivity contribution in [1.29, 1.82) is 0 Å². The van der Waals surface area contributed by atoms with Crippen LogP contribution in [0.4, 0.5) is 5.82 Å². The lowest BCUT2D eigenvalue weighted by Gasteiger charge is -2.14. The summed E-state index contributed by atoms with van der Waals surface area (Å²) in [6.45, 7) is 2.36. The number of aromatic nitrogens is 6. The summed E-state index contributed by atoms with van der Waals surface area (Å²) in [4.78, 5) is 30.5. The van der Waals surface area contributed by atoms with Crippen LogP contribution in [0.2, 0.25) is 0 Å². The molecule has 3 heterocycles. The third kappa shape index (κ3) is 2.18. The number of aryl methyl sites for hydroxylation is 1. The molecule has 0 radical (unpaired) electrons. The van der Waals surface area contributed by atoms with Gasteiger partial charge in [0.25, 0.3) is 5.56 Å². The molecule has 1 aliphatic carbocycles. The summed E-state index contributed by atoms with van der Waals surface area (Å²) in [7, 11) is 0. The Labute approximate surface area is 148 Å². The predicted octanol–water partition coefficient (Wildman–Crippen LogP) is 1.81. The Morgan fingerprint density at radius 1 is 1.23 bits per heavy atom. The molecule has 0 spiro atoms. The zero-order valence-electron chi connectivity index (χ0n) is 14.3. The summed E-state index contributed by atoms with van der Waals surface area (Å²) < 4.78 is 3.70. The van der Waals surface area contributed by atoms with Gasteiger partial charge in [-0.05, 0) is 31.4 Å². The summed E-state index contributed by atoms with van der Waals surface area (Å²) in [5.41, 5.74) is 8.77. The van der Waals surface area contributed by atoms with Crippen molar-refractivity contribution in [3.05, 3.63) is 52.6 Å². The molecule has 0 atom stereocenters. The fraction of sp³-hybridized carbons (Fsp3) is 0.278. The van der Waals surface area contributed by atoms with Gasteiger partial charge in [0.05, 0.1) is 23.8 Å². The first-order valence-electron chi connectivity index (χ1n) is 8.55. The molecule has 2 N–H and O–H groups in total. The molecule has 1 saturated carbocycles. The van der Waals surface area contributed by atoms with Gasteiger partial charge >= 0.3 is 0 Å². The van der Waals surface area contributed by atoms with Crippen molar-refractivity contribution in [2.75, 3.05) is 5.73 Å². The lowest BCUT2D eigenvalue weighted by molar-refractivity contribution is 0.612. The van der Waals surface area contributed by atoms with Crippen molar-refractivity contribution in [1.82, 2.24) is 29.1 Å². The first-order valence-corrected chi connectivity index (χ1v) is 8.55. The largest absolute Gasteiger partial charge is 0.382 e. The molecule has 130 valence electrons. The van der Waals surface area contributed by atoms with Crippen LogP contribution in [0.25, 0.3) is 22.1 Å². The van der Waals surface area contributed by atoms with E-state index in [1.807, 2.05) is 34.3 Å². The molecule has 0 bridgehead atoms. The molecule has 3 aromatic heterocycles. The Bertz CT molecular complexity index is 1220. The molecule has 0 unspecified atom stereocenters. The highest BCUT2D eigenvalue weighted by molar-refractivity contribution is 5.82. The van der Waals surface area contributed by atoms with Gasteiger partial charge in [0.2, 0.25) is 0 Å². The number of hydrogen-bond donors (Lipinski definition) is 1. The number of fused-ring (bicyclic) bond motifs is 2. The number of nitrogens with zero attached hydrogens (tertiary/aromatic N) is 6. The van der Waals surface area contributed by atoms with Gasteiger partial charge in [-0.25, -0.2) is 19.9 Å². The standard InChI is InChI=1S/C18H17N7O/c1-10-3-2-4-12-14(10)18(26)25(11-5-6-11)13(23-12)7-24-9-22-15-16(19)20-8-21-17(15)24/h2-4,8-9,11H,5-7H2,1H3,(H2,19,20,21). The van der Waals surface area contributed by atoms with E-state index in [1.165, 1.54) is 6.33 Å². The maximum Gasteiger partial charge on any atom is 0.261 e. The lowest BCUT2D eigenvalue weighted by atomic mass is 10.1. The van der Waals surface area contributed by atoms with Crippen LogP contribution >= 0.6 is 0 Å². The van der Waals surface area contributed by atoms with E-state index in [-0.39, 0.29) is 11.6 Å². The normalized spacial score (nSPS) is 14.3. The summed E-state index contributed by atoms with van der Waals surface area (Å²) in [6.07, 6.45) is 5.10. The molecule has 0 amide bonds. The van der Waals surface area contributed by atoms with Gasteiger partial charge in [-0.2, -0.15) is 0 Å². The Morgan fingerprint density at radius 3 is 2.88 bits per heavy atom. The number of nitrogens with two attached hydrogens (primary N) is 1. The van der Waals surface area contributed by atoms with Crippen LogP contribution in [0.3, 0.4) is 0 Å². The average Bonchev–Trinajstić information content (AvgIpc) is 3.36. The number of rotatable bonds is 3. The molecule has 8 heteroatoms. The minimum atomic E-state index is 0.0316. The van der Waals surface area contributed by atoms with E-state index in [4.69, 9.17) is 10.7 Å². The maximum absolute atomic E-state index is 13.2. The van der Waals surface area contributed by atoms with Crippen LogP contribution in [0.5, 0.6) is 0 Å². The minimum Gasteiger partial charge on any atom is -0.382 e. The van der Waals surface area contributed by atoms with Crippen LogP contribution in [0, 0.1) is 6.92 Å². The van der Waals surface area contributed by atoms with E-state index in [2.05, 4.69) is 15.0 Å².